The normalized spacial score (nSPS) is 19.0. The number of methoxy groups -OCH3 is 1. The SMILES string of the molecule is COc1ccc(CN(C(=O)C2=C(c3ccc(CCCOc4c(F)ccc(F)c4Cl)cc3)CC3CC(C(=O)N4CCCC4COC(=O)OCCCCO[N+](=O)[O-])CC2N3C(=O)OCCCCO[N+](=O)[O-])C2CC2)cc1C. The number of fused-ring (bicyclic) bond motifs is 2. The van der Waals surface area contributed by atoms with E-state index in [-0.39, 0.29) is 108 Å². The zero-order chi connectivity index (χ0) is 53.6. The molecule has 3 aliphatic heterocycles. The smallest absolute Gasteiger partial charge is 0.496 e. The predicted molar refractivity (Wildman–Crippen MR) is 264 cm³/mol. The van der Waals surface area contributed by atoms with Crippen LogP contribution in [0.2, 0.25) is 5.02 Å². The monoisotopic (exact) mass is 1070 g/mol. The van der Waals surface area contributed by atoms with E-state index in [0.29, 0.717) is 50.0 Å². The van der Waals surface area contributed by atoms with Gasteiger partial charge in [-0.2, -0.15) is 0 Å². The Labute approximate surface area is 437 Å². The first kappa shape index (κ1) is 55.8. The van der Waals surface area contributed by atoms with Crippen molar-refractivity contribution in [2.24, 2.45) is 5.92 Å². The highest BCUT2D eigenvalue weighted by atomic mass is 35.5. The molecule has 3 amide bonds. The van der Waals surface area contributed by atoms with Gasteiger partial charge >= 0.3 is 12.2 Å². The van der Waals surface area contributed by atoms with Gasteiger partial charge in [0.1, 0.15) is 23.2 Å². The first-order chi connectivity index (χ1) is 36.1. The third-order valence-electron chi connectivity index (χ3n) is 13.9. The average molecular weight is 1070 g/mol. The van der Waals surface area contributed by atoms with Crippen LogP contribution in [0.3, 0.4) is 0 Å². The maximum atomic E-state index is 15.7. The molecular weight excluding hydrogens is 1010 g/mol. The Balaban J connectivity index is 1.16. The number of benzene rings is 3. The number of aryl methyl sites for hydroxylation is 2. The van der Waals surface area contributed by atoms with Crippen molar-refractivity contribution in [3.05, 3.63) is 119 Å². The fraction of sp³-hybridized carbons (Fsp3) is 0.538. The number of likely N-dealkylation sites (tertiary alicyclic amines) is 1. The molecule has 0 radical (unpaired) electrons. The van der Waals surface area contributed by atoms with Crippen LogP contribution in [-0.4, -0.2) is 126 Å². The van der Waals surface area contributed by atoms with Crippen LogP contribution in [0.1, 0.15) is 99.3 Å². The van der Waals surface area contributed by atoms with Gasteiger partial charge in [-0.25, -0.2) is 18.4 Å². The van der Waals surface area contributed by atoms with Crippen molar-refractivity contribution < 1.29 is 71.5 Å². The van der Waals surface area contributed by atoms with Crippen molar-refractivity contribution in [3.8, 4) is 11.5 Å². The largest absolute Gasteiger partial charge is 0.508 e. The van der Waals surface area contributed by atoms with E-state index in [1.54, 1.807) is 16.9 Å². The number of ether oxygens (including phenoxy) is 5. The third kappa shape index (κ3) is 14.9. The number of piperidine rings is 1. The van der Waals surface area contributed by atoms with Crippen molar-refractivity contribution in [2.45, 2.75) is 121 Å². The van der Waals surface area contributed by atoms with Gasteiger partial charge in [0.2, 0.25) is 5.91 Å². The highest BCUT2D eigenvalue weighted by Gasteiger charge is 2.51. The molecule has 1 aliphatic carbocycles. The summed E-state index contributed by atoms with van der Waals surface area (Å²) in [4.78, 5) is 92.4. The highest BCUT2D eigenvalue weighted by molar-refractivity contribution is 6.32. The van der Waals surface area contributed by atoms with E-state index >= 15 is 4.79 Å². The van der Waals surface area contributed by atoms with Crippen molar-refractivity contribution in [1.29, 1.82) is 0 Å². The number of carbonyl (C=O) groups excluding carboxylic acids is 4. The predicted octanol–water partition coefficient (Wildman–Crippen LogP) is 9.00. The summed E-state index contributed by atoms with van der Waals surface area (Å²) in [6.45, 7) is 2.08. The number of hydrogen-bond acceptors (Lipinski definition) is 15. The van der Waals surface area contributed by atoms with E-state index < -0.39 is 63.1 Å². The molecule has 3 fully saturated rings. The molecule has 0 N–H and O–H groups in total. The summed E-state index contributed by atoms with van der Waals surface area (Å²) in [5, 5.41) is 18.9. The Kier molecular flexibility index (Phi) is 19.7. The van der Waals surface area contributed by atoms with E-state index in [4.69, 9.17) is 35.3 Å². The minimum Gasteiger partial charge on any atom is -0.496 e. The molecule has 1 saturated carbocycles. The van der Waals surface area contributed by atoms with Crippen molar-refractivity contribution in [1.82, 2.24) is 14.7 Å². The summed E-state index contributed by atoms with van der Waals surface area (Å²) in [6.07, 6.45) is 3.68. The van der Waals surface area contributed by atoms with Crippen LogP contribution >= 0.6 is 11.6 Å². The van der Waals surface area contributed by atoms with E-state index in [1.165, 1.54) is 0 Å². The Morgan fingerprint density at radius 3 is 2.13 bits per heavy atom. The van der Waals surface area contributed by atoms with Gasteiger partial charge in [0.25, 0.3) is 16.1 Å². The van der Waals surface area contributed by atoms with Gasteiger partial charge < -0.3 is 43.2 Å². The van der Waals surface area contributed by atoms with Crippen molar-refractivity contribution >= 4 is 41.2 Å². The summed E-state index contributed by atoms with van der Waals surface area (Å²) in [7, 11) is 1.59. The molecule has 3 aromatic carbocycles. The maximum Gasteiger partial charge on any atom is 0.508 e. The van der Waals surface area contributed by atoms with Gasteiger partial charge in [-0.1, -0.05) is 48.0 Å². The lowest BCUT2D eigenvalue weighted by molar-refractivity contribution is -0.757. The van der Waals surface area contributed by atoms with Gasteiger partial charge in [0, 0.05) is 36.7 Å². The van der Waals surface area contributed by atoms with Crippen LogP contribution < -0.4 is 9.47 Å². The first-order valence-electron chi connectivity index (χ1n) is 25.3. The van der Waals surface area contributed by atoms with Gasteiger partial charge in [-0.3, -0.25) is 14.5 Å². The second kappa shape index (κ2) is 26.5. The average Bonchev–Trinajstić information content (AvgIpc) is 4.13. The number of halogens is 3. The summed E-state index contributed by atoms with van der Waals surface area (Å²) >= 11 is 5.96. The van der Waals surface area contributed by atoms with Gasteiger partial charge in [0.05, 0.1) is 52.2 Å². The minimum atomic E-state index is -0.938. The number of unbranched alkanes of at least 4 members (excludes halogenated alkanes) is 2. The van der Waals surface area contributed by atoms with Crippen LogP contribution in [0, 0.1) is 44.7 Å². The highest BCUT2D eigenvalue weighted by Crippen LogP contribution is 2.47. The first-order valence-corrected chi connectivity index (χ1v) is 25.6. The van der Waals surface area contributed by atoms with Gasteiger partial charge in [-0.15, -0.1) is 20.2 Å². The van der Waals surface area contributed by atoms with Crippen molar-refractivity contribution in [3.63, 3.8) is 0 Å². The molecule has 4 unspecified atom stereocenters. The standard InChI is InChI=1S/C52H62ClF2N5O15/c1-33-27-35(13-20-45(33)69-2)31-57(38-16-17-38)50(62)46-41(36-14-11-34(12-15-36)9-8-24-70-48-43(55)19-18-42(54)47(48)53)30-40-28-37(29-44(46)58(40)51(63)71-22-3-5-25-74-59(65)66)49(61)56-21-7-10-39(56)32-73-52(64)72-23-4-6-26-75-60(67)68/h11-15,18-20,27,37-40,44H,3-10,16-17,21-26,28-32H2,1-2H3. The van der Waals surface area contributed by atoms with Crippen LogP contribution in [0.5, 0.6) is 11.5 Å². The molecule has 0 aromatic heterocycles. The molecular formula is C52H62ClF2N5O15. The summed E-state index contributed by atoms with van der Waals surface area (Å²) in [5.74, 6) is -2.36. The summed E-state index contributed by atoms with van der Waals surface area (Å²) in [6, 6.07) is 13.2. The van der Waals surface area contributed by atoms with Crippen LogP contribution in [0.4, 0.5) is 18.4 Å². The number of rotatable bonds is 26. The van der Waals surface area contributed by atoms with Crippen LogP contribution in [0.15, 0.2) is 60.2 Å². The molecule has 3 heterocycles. The quantitative estimate of drug-likeness (QED) is 0.0240. The molecule has 406 valence electrons. The molecule has 0 spiro atoms. The molecule has 20 nitrogen and oxygen atoms in total. The Morgan fingerprint density at radius 1 is 0.800 bits per heavy atom. The van der Waals surface area contributed by atoms with Crippen LogP contribution in [-0.2, 0) is 46.4 Å². The molecule has 7 rings (SSSR count). The fourth-order valence-electron chi connectivity index (χ4n) is 10.1. The zero-order valence-electron chi connectivity index (χ0n) is 41.9. The van der Waals surface area contributed by atoms with E-state index in [9.17, 15) is 43.4 Å². The topological polar surface area (TPSA) is 229 Å². The lowest BCUT2D eigenvalue weighted by Gasteiger charge is -2.50. The second-order valence-corrected chi connectivity index (χ2v) is 19.4. The lowest BCUT2D eigenvalue weighted by Crippen LogP contribution is -2.59. The molecule has 75 heavy (non-hydrogen) atoms. The summed E-state index contributed by atoms with van der Waals surface area (Å²) in [5.41, 5.74) is 4.51. The molecule has 3 aromatic rings. The Morgan fingerprint density at radius 2 is 1.47 bits per heavy atom. The van der Waals surface area contributed by atoms with E-state index in [1.807, 2.05) is 54.3 Å². The van der Waals surface area contributed by atoms with Crippen molar-refractivity contribution in [2.75, 3.05) is 53.3 Å². The van der Waals surface area contributed by atoms with Crippen LogP contribution in [0.25, 0.3) is 5.57 Å². The molecule has 2 saturated heterocycles. The van der Waals surface area contributed by atoms with E-state index in [2.05, 4.69) is 9.68 Å². The number of nitrogens with zero attached hydrogens (tertiary/aromatic N) is 5. The number of hydrogen-bond donors (Lipinski definition) is 0. The lowest BCUT2D eigenvalue weighted by atomic mass is 9.73. The fourth-order valence-corrected chi connectivity index (χ4v) is 10.3. The zero-order valence-corrected chi connectivity index (χ0v) is 42.7. The van der Waals surface area contributed by atoms with Gasteiger partial charge in [0.15, 0.2) is 11.6 Å². The minimum absolute atomic E-state index is 0.0420. The molecule has 23 heteroatoms. The number of carbonyl (C=O) groups is 4. The van der Waals surface area contributed by atoms with E-state index in [0.717, 1.165) is 52.8 Å². The third-order valence-corrected chi connectivity index (χ3v) is 14.2. The Hall–Kier alpha value is -6.97. The maximum absolute atomic E-state index is 15.7. The summed E-state index contributed by atoms with van der Waals surface area (Å²) < 4.78 is 55.8. The second-order valence-electron chi connectivity index (χ2n) is 19.0. The molecule has 2 bridgehead atoms. The van der Waals surface area contributed by atoms with Gasteiger partial charge in [-0.05, 0) is 136 Å². The molecule has 4 atom stereocenters. The Bertz CT molecular complexity index is 2570. The molecule has 4 aliphatic rings. The number of amides is 3.